The monoisotopic (exact) mass is 236 g/mol. The first kappa shape index (κ1) is 14.1. The van der Waals surface area contributed by atoms with Crippen molar-refractivity contribution in [2.24, 2.45) is 17.6 Å². The first-order valence-corrected chi connectivity index (χ1v) is 6.60. The van der Waals surface area contributed by atoms with Crippen LogP contribution < -0.4 is 11.1 Å². The number of hydrogen-bond donors (Lipinski definition) is 2. The average molecular weight is 236 g/mol. The maximum atomic E-state index is 11.5. The summed E-state index contributed by atoms with van der Waals surface area (Å²) in [5, 5.41) is 2.87. The molecule has 1 fully saturated rings. The molecule has 3 nitrogen and oxygen atoms in total. The highest BCUT2D eigenvalue weighted by atomic mass is 16.2. The molecule has 3 heteroatoms. The summed E-state index contributed by atoms with van der Waals surface area (Å²) in [6.07, 6.45) is 11.8. The van der Waals surface area contributed by atoms with Gasteiger partial charge in [-0.15, -0.1) is 12.3 Å². The van der Waals surface area contributed by atoms with Crippen LogP contribution in [0.2, 0.25) is 0 Å². The first-order valence-electron chi connectivity index (χ1n) is 6.60. The van der Waals surface area contributed by atoms with E-state index in [2.05, 4.69) is 18.2 Å². The summed E-state index contributed by atoms with van der Waals surface area (Å²) in [5.74, 6) is 3.94. The van der Waals surface area contributed by atoms with Gasteiger partial charge in [-0.25, -0.2) is 0 Å². The molecule has 0 aliphatic heterocycles. The van der Waals surface area contributed by atoms with Gasteiger partial charge < -0.3 is 11.1 Å². The van der Waals surface area contributed by atoms with Gasteiger partial charge in [-0.05, 0) is 18.3 Å². The number of rotatable bonds is 5. The van der Waals surface area contributed by atoms with Crippen molar-refractivity contribution in [3.63, 3.8) is 0 Å². The van der Waals surface area contributed by atoms with E-state index in [1.165, 1.54) is 25.7 Å². The minimum atomic E-state index is -0.550. The van der Waals surface area contributed by atoms with Crippen molar-refractivity contribution in [3.8, 4) is 12.3 Å². The molecule has 0 radical (unpaired) electrons. The van der Waals surface area contributed by atoms with Crippen LogP contribution in [-0.2, 0) is 4.79 Å². The molecule has 17 heavy (non-hydrogen) atoms. The lowest BCUT2D eigenvalue weighted by Crippen LogP contribution is -2.41. The fourth-order valence-electron chi connectivity index (χ4n) is 2.37. The lowest BCUT2D eigenvalue weighted by Gasteiger charge is -2.26. The third kappa shape index (κ3) is 5.23. The summed E-state index contributed by atoms with van der Waals surface area (Å²) in [5.41, 5.74) is 5.61. The highest BCUT2D eigenvalue weighted by Crippen LogP contribution is 2.29. The second-order valence-electron chi connectivity index (χ2n) is 5.22. The number of carbonyl (C=O) groups excluding carboxylic acids is 1. The molecule has 1 unspecified atom stereocenters. The second kappa shape index (κ2) is 7.34. The summed E-state index contributed by atoms with van der Waals surface area (Å²) in [7, 11) is 0. The van der Waals surface area contributed by atoms with Gasteiger partial charge in [0.05, 0.1) is 6.04 Å². The zero-order chi connectivity index (χ0) is 12.7. The Labute approximate surface area is 105 Å². The van der Waals surface area contributed by atoms with E-state index in [0.29, 0.717) is 6.42 Å². The Hall–Kier alpha value is -1.01. The molecule has 0 heterocycles. The summed E-state index contributed by atoms with van der Waals surface area (Å²) in [6.45, 7) is 3.05. The first-order chi connectivity index (χ1) is 8.13. The van der Waals surface area contributed by atoms with Crippen LogP contribution in [0, 0.1) is 24.2 Å². The number of amides is 1. The van der Waals surface area contributed by atoms with E-state index in [-0.39, 0.29) is 5.91 Å². The lowest BCUT2D eigenvalue weighted by molar-refractivity contribution is -0.122. The summed E-state index contributed by atoms with van der Waals surface area (Å²) >= 11 is 0. The second-order valence-corrected chi connectivity index (χ2v) is 5.22. The zero-order valence-electron chi connectivity index (χ0n) is 10.7. The van der Waals surface area contributed by atoms with Crippen LogP contribution in [0.5, 0.6) is 0 Å². The van der Waals surface area contributed by atoms with Crippen LogP contribution >= 0.6 is 0 Å². The summed E-state index contributed by atoms with van der Waals surface area (Å²) in [6, 6.07) is -0.550. The van der Waals surface area contributed by atoms with Gasteiger partial charge in [-0.2, -0.15) is 0 Å². The molecule has 1 amide bonds. The van der Waals surface area contributed by atoms with Crippen LogP contribution in [0.3, 0.4) is 0 Å². The molecule has 1 atom stereocenters. The summed E-state index contributed by atoms with van der Waals surface area (Å²) < 4.78 is 0. The Morgan fingerprint density at radius 2 is 2.12 bits per heavy atom. The highest BCUT2D eigenvalue weighted by Gasteiger charge is 2.18. The minimum Gasteiger partial charge on any atom is -0.355 e. The molecule has 0 aromatic heterocycles. The standard InChI is InChI=1S/C14H24N2O/c1-3-4-13(15)14(17)16-10-9-12-7-5-11(2)6-8-12/h1,11-13H,4-10,15H2,2H3,(H,16,17). The average Bonchev–Trinajstić information content (AvgIpc) is 2.32. The molecular formula is C14H24N2O. The molecule has 0 saturated heterocycles. The van der Waals surface area contributed by atoms with Gasteiger partial charge in [0.15, 0.2) is 0 Å². The number of carbonyl (C=O) groups is 1. The van der Waals surface area contributed by atoms with E-state index in [4.69, 9.17) is 12.2 Å². The molecule has 3 N–H and O–H groups in total. The fourth-order valence-corrected chi connectivity index (χ4v) is 2.37. The van der Waals surface area contributed by atoms with Crippen molar-refractivity contribution in [1.29, 1.82) is 0 Å². The van der Waals surface area contributed by atoms with Crippen LogP contribution in [0.1, 0.15) is 45.4 Å². The Bertz CT molecular complexity index is 274. The van der Waals surface area contributed by atoms with E-state index in [0.717, 1.165) is 24.8 Å². The highest BCUT2D eigenvalue weighted by molar-refractivity contribution is 5.81. The van der Waals surface area contributed by atoms with Gasteiger partial charge in [-0.1, -0.05) is 32.6 Å². The van der Waals surface area contributed by atoms with E-state index >= 15 is 0 Å². The Kier molecular flexibility index (Phi) is 6.07. The van der Waals surface area contributed by atoms with Crippen molar-refractivity contribution >= 4 is 5.91 Å². The SMILES string of the molecule is C#CCC(N)C(=O)NCCC1CCC(C)CC1. The van der Waals surface area contributed by atoms with Crippen molar-refractivity contribution in [2.45, 2.75) is 51.5 Å². The third-order valence-corrected chi connectivity index (χ3v) is 3.66. The molecule has 1 aliphatic carbocycles. The molecule has 1 rings (SSSR count). The topological polar surface area (TPSA) is 55.1 Å². The zero-order valence-corrected chi connectivity index (χ0v) is 10.7. The van der Waals surface area contributed by atoms with Crippen molar-refractivity contribution < 1.29 is 4.79 Å². The normalized spacial score (nSPS) is 25.9. The van der Waals surface area contributed by atoms with Gasteiger partial charge in [0.1, 0.15) is 0 Å². The van der Waals surface area contributed by atoms with Gasteiger partial charge in [0.2, 0.25) is 5.91 Å². The fraction of sp³-hybridized carbons (Fsp3) is 0.786. The number of terminal acetylenes is 1. The molecule has 96 valence electrons. The Balaban J connectivity index is 2.11. The van der Waals surface area contributed by atoms with Crippen LogP contribution in [-0.4, -0.2) is 18.5 Å². The van der Waals surface area contributed by atoms with Gasteiger partial charge in [0.25, 0.3) is 0 Å². The van der Waals surface area contributed by atoms with Crippen molar-refractivity contribution in [3.05, 3.63) is 0 Å². The van der Waals surface area contributed by atoms with Crippen molar-refractivity contribution in [1.82, 2.24) is 5.32 Å². The maximum absolute atomic E-state index is 11.5. The molecule has 1 aliphatic rings. The van der Waals surface area contributed by atoms with Crippen LogP contribution in [0.15, 0.2) is 0 Å². The Morgan fingerprint density at radius 3 is 2.71 bits per heavy atom. The van der Waals surface area contributed by atoms with Crippen molar-refractivity contribution in [2.75, 3.05) is 6.54 Å². The Morgan fingerprint density at radius 1 is 1.47 bits per heavy atom. The molecule has 1 saturated carbocycles. The predicted molar refractivity (Wildman–Crippen MR) is 70.2 cm³/mol. The maximum Gasteiger partial charge on any atom is 0.237 e. The predicted octanol–water partition coefficient (Wildman–Crippen LogP) is 1.67. The quantitative estimate of drug-likeness (QED) is 0.713. The van der Waals surface area contributed by atoms with Crippen LogP contribution in [0.25, 0.3) is 0 Å². The van der Waals surface area contributed by atoms with E-state index in [9.17, 15) is 4.79 Å². The number of nitrogens with one attached hydrogen (secondary N) is 1. The van der Waals surface area contributed by atoms with E-state index in [1.54, 1.807) is 0 Å². The van der Waals surface area contributed by atoms with Crippen LogP contribution in [0.4, 0.5) is 0 Å². The van der Waals surface area contributed by atoms with Gasteiger partial charge in [-0.3, -0.25) is 4.79 Å². The van der Waals surface area contributed by atoms with E-state index in [1.807, 2.05) is 0 Å². The molecule has 0 aromatic rings. The van der Waals surface area contributed by atoms with Gasteiger partial charge in [0, 0.05) is 13.0 Å². The molecule has 0 bridgehead atoms. The number of hydrogen-bond acceptors (Lipinski definition) is 2. The largest absolute Gasteiger partial charge is 0.355 e. The van der Waals surface area contributed by atoms with Gasteiger partial charge >= 0.3 is 0 Å². The molecular weight excluding hydrogens is 212 g/mol. The third-order valence-electron chi connectivity index (χ3n) is 3.66. The smallest absolute Gasteiger partial charge is 0.237 e. The van der Waals surface area contributed by atoms with E-state index < -0.39 is 6.04 Å². The minimum absolute atomic E-state index is 0.118. The lowest BCUT2D eigenvalue weighted by atomic mass is 9.81. The molecule has 0 spiro atoms. The molecule has 0 aromatic carbocycles. The summed E-state index contributed by atoms with van der Waals surface area (Å²) in [4.78, 5) is 11.5. The number of nitrogens with two attached hydrogens (primary N) is 1.